The van der Waals surface area contributed by atoms with E-state index in [4.69, 9.17) is 4.74 Å². The minimum absolute atomic E-state index is 0.0172. The van der Waals surface area contributed by atoms with Gasteiger partial charge in [0.25, 0.3) is 0 Å². The molecule has 1 saturated carbocycles. The second kappa shape index (κ2) is 5.00. The highest BCUT2D eigenvalue weighted by molar-refractivity contribution is 5.69. The molecule has 1 rings (SSSR count). The fourth-order valence-corrected chi connectivity index (χ4v) is 1.68. The van der Waals surface area contributed by atoms with Crippen LogP contribution in [-0.4, -0.2) is 18.4 Å². The summed E-state index contributed by atoms with van der Waals surface area (Å²) in [7, 11) is 0. The van der Waals surface area contributed by atoms with Crippen LogP contribution >= 0.6 is 0 Å². The van der Waals surface area contributed by atoms with E-state index in [-0.39, 0.29) is 18.0 Å². The fraction of sp³-hybridized carbons (Fsp3) is 0.800. The zero-order valence-electron chi connectivity index (χ0n) is 7.99. The Labute approximate surface area is 78.5 Å². The predicted octanol–water partition coefficient (Wildman–Crippen LogP) is 1.70. The first-order chi connectivity index (χ1) is 6.26. The standard InChI is InChI=1S/C10H16O3/c1-2-10(12)13-9-5-3-4-8(6-9)7-11/h7-9H,2-6H2,1H3. The molecule has 0 aromatic rings. The average molecular weight is 184 g/mol. The second-order valence-corrected chi connectivity index (χ2v) is 3.53. The maximum atomic E-state index is 11.0. The van der Waals surface area contributed by atoms with Crippen LogP contribution in [-0.2, 0) is 14.3 Å². The van der Waals surface area contributed by atoms with Gasteiger partial charge in [0.15, 0.2) is 0 Å². The van der Waals surface area contributed by atoms with Gasteiger partial charge in [0.2, 0.25) is 0 Å². The highest BCUT2D eigenvalue weighted by atomic mass is 16.5. The molecule has 0 amide bonds. The molecule has 0 aliphatic heterocycles. The molecule has 0 aromatic heterocycles. The highest BCUT2D eigenvalue weighted by Crippen LogP contribution is 2.24. The van der Waals surface area contributed by atoms with Crippen molar-refractivity contribution in [3.8, 4) is 0 Å². The van der Waals surface area contributed by atoms with Gasteiger partial charge in [-0.1, -0.05) is 6.92 Å². The van der Waals surface area contributed by atoms with Crippen molar-refractivity contribution < 1.29 is 14.3 Å². The second-order valence-electron chi connectivity index (χ2n) is 3.53. The smallest absolute Gasteiger partial charge is 0.305 e. The van der Waals surface area contributed by atoms with Crippen LogP contribution in [0.5, 0.6) is 0 Å². The van der Waals surface area contributed by atoms with Crippen molar-refractivity contribution in [2.24, 2.45) is 5.92 Å². The number of ether oxygens (including phenoxy) is 1. The molecule has 74 valence electrons. The summed E-state index contributed by atoms with van der Waals surface area (Å²) >= 11 is 0. The Morgan fingerprint density at radius 3 is 2.92 bits per heavy atom. The molecule has 1 fully saturated rings. The summed E-state index contributed by atoms with van der Waals surface area (Å²) in [6.07, 6.45) is 4.95. The van der Waals surface area contributed by atoms with Gasteiger partial charge in [-0.15, -0.1) is 0 Å². The quantitative estimate of drug-likeness (QED) is 0.495. The van der Waals surface area contributed by atoms with Gasteiger partial charge in [-0.2, -0.15) is 0 Å². The Morgan fingerprint density at radius 2 is 2.31 bits per heavy atom. The molecule has 0 aromatic carbocycles. The van der Waals surface area contributed by atoms with Crippen molar-refractivity contribution in [1.29, 1.82) is 0 Å². The van der Waals surface area contributed by atoms with E-state index in [1.54, 1.807) is 6.92 Å². The molecule has 0 saturated heterocycles. The van der Waals surface area contributed by atoms with Crippen LogP contribution in [0.4, 0.5) is 0 Å². The van der Waals surface area contributed by atoms with Crippen LogP contribution in [0.3, 0.4) is 0 Å². The van der Waals surface area contributed by atoms with E-state index in [9.17, 15) is 9.59 Å². The largest absolute Gasteiger partial charge is 0.462 e. The molecular weight excluding hydrogens is 168 g/mol. The number of hydrogen-bond acceptors (Lipinski definition) is 3. The zero-order valence-corrected chi connectivity index (χ0v) is 7.99. The van der Waals surface area contributed by atoms with Crippen molar-refractivity contribution >= 4 is 12.3 Å². The first-order valence-electron chi connectivity index (χ1n) is 4.91. The Kier molecular flexibility index (Phi) is 3.93. The summed E-state index contributed by atoms with van der Waals surface area (Å²) in [4.78, 5) is 21.5. The molecular formula is C10H16O3. The van der Waals surface area contributed by atoms with Crippen LogP contribution in [0.1, 0.15) is 39.0 Å². The van der Waals surface area contributed by atoms with Gasteiger partial charge in [-0.3, -0.25) is 4.79 Å². The molecule has 1 aliphatic rings. The molecule has 2 atom stereocenters. The van der Waals surface area contributed by atoms with Gasteiger partial charge in [0.1, 0.15) is 12.4 Å². The predicted molar refractivity (Wildman–Crippen MR) is 48.2 cm³/mol. The first kappa shape index (κ1) is 10.2. The Morgan fingerprint density at radius 1 is 1.54 bits per heavy atom. The molecule has 3 nitrogen and oxygen atoms in total. The number of esters is 1. The lowest BCUT2D eigenvalue weighted by Crippen LogP contribution is -2.25. The molecule has 0 N–H and O–H groups in total. The van der Waals surface area contributed by atoms with Crippen molar-refractivity contribution in [3.05, 3.63) is 0 Å². The van der Waals surface area contributed by atoms with E-state index in [0.29, 0.717) is 6.42 Å². The number of rotatable bonds is 3. The fourth-order valence-electron chi connectivity index (χ4n) is 1.68. The molecule has 3 heteroatoms. The van der Waals surface area contributed by atoms with Gasteiger partial charge < -0.3 is 9.53 Å². The first-order valence-corrected chi connectivity index (χ1v) is 4.91. The van der Waals surface area contributed by atoms with Crippen molar-refractivity contribution in [2.45, 2.75) is 45.1 Å². The van der Waals surface area contributed by atoms with Crippen LogP contribution in [0, 0.1) is 5.92 Å². The minimum Gasteiger partial charge on any atom is -0.462 e. The van der Waals surface area contributed by atoms with Crippen molar-refractivity contribution in [3.63, 3.8) is 0 Å². The zero-order chi connectivity index (χ0) is 9.68. The van der Waals surface area contributed by atoms with Crippen LogP contribution < -0.4 is 0 Å². The molecule has 0 heterocycles. The lowest BCUT2D eigenvalue weighted by Gasteiger charge is -2.25. The molecule has 0 radical (unpaired) electrons. The Hall–Kier alpha value is -0.860. The van der Waals surface area contributed by atoms with Crippen LogP contribution in [0.15, 0.2) is 0 Å². The van der Waals surface area contributed by atoms with Crippen molar-refractivity contribution in [2.75, 3.05) is 0 Å². The van der Waals surface area contributed by atoms with Crippen LogP contribution in [0.25, 0.3) is 0 Å². The Balaban J connectivity index is 2.33. The van der Waals surface area contributed by atoms with E-state index in [1.165, 1.54) is 0 Å². The van der Waals surface area contributed by atoms with Gasteiger partial charge in [0.05, 0.1) is 0 Å². The van der Waals surface area contributed by atoms with Crippen molar-refractivity contribution in [1.82, 2.24) is 0 Å². The highest BCUT2D eigenvalue weighted by Gasteiger charge is 2.23. The number of hydrogen-bond donors (Lipinski definition) is 0. The normalized spacial score (nSPS) is 28.1. The van der Waals surface area contributed by atoms with E-state index in [1.807, 2.05) is 0 Å². The summed E-state index contributed by atoms with van der Waals surface area (Å²) in [5.74, 6) is -0.0556. The molecule has 0 spiro atoms. The third-order valence-electron chi connectivity index (χ3n) is 2.45. The van der Waals surface area contributed by atoms with E-state index < -0.39 is 0 Å². The number of carbonyl (C=O) groups is 2. The lowest BCUT2D eigenvalue weighted by atomic mass is 9.88. The van der Waals surface area contributed by atoms with Crippen LogP contribution in [0.2, 0.25) is 0 Å². The topological polar surface area (TPSA) is 43.4 Å². The Bertz CT molecular complexity index is 189. The number of aldehydes is 1. The molecule has 13 heavy (non-hydrogen) atoms. The third-order valence-corrected chi connectivity index (χ3v) is 2.45. The van der Waals surface area contributed by atoms with Gasteiger partial charge >= 0.3 is 5.97 Å². The SMILES string of the molecule is CCC(=O)OC1CCCC(C=O)C1. The van der Waals surface area contributed by atoms with Gasteiger partial charge in [-0.05, 0) is 25.7 Å². The maximum absolute atomic E-state index is 11.0. The summed E-state index contributed by atoms with van der Waals surface area (Å²) < 4.78 is 5.17. The minimum atomic E-state index is -0.156. The van der Waals surface area contributed by atoms with Gasteiger partial charge in [0, 0.05) is 12.3 Å². The summed E-state index contributed by atoms with van der Waals surface area (Å²) in [6, 6.07) is 0. The number of carbonyl (C=O) groups excluding carboxylic acids is 2. The summed E-state index contributed by atoms with van der Waals surface area (Å²) in [6.45, 7) is 1.78. The average Bonchev–Trinajstić information content (AvgIpc) is 2.18. The maximum Gasteiger partial charge on any atom is 0.305 e. The monoisotopic (exact) mass is 184 g/mol. The molecule has 1 aliphatic carbocycles. The third kappa shape index (κ3) is 3.17. The van der Waals surface area contributed by atoms with E-state index in [2.05, 4.69) is 0 Å². The van der Waals surface area contributed by atoms with Gasteiger partial charge in [-0.25, -0.2) is 0 Å². The van der Waals surface area contributed by atoms with E-state index in [0.717, 1.165) is 32.0 Å². The molecule has 2 unspecified atom stereocenters. The lowest BCUT2D eigenvalue weighted by molar-refractivity contribution is -0.151. The van der Waals surface area contributed by atoms with E-state index >= 15 is 0 Å². The summed E-state index contributed by atoms with van der Waals surface area (Å²) in [5, 5.41) is 0. The summed E-state index contributed by atoms with van der Waals surface area (Å²) in [5.41, 5.74) is 0. The molecule has 0 bridgehead atoms.